The third-order valence-electron chi connectivity index (χ3n) is 4.68. The van der Waals surface area contributed by atoms with Crippen molar-refractivity contribution in [2.45, 2.75) is 35.4 Å². The van der Waals surface area contributed by atoms with E-state index in [4.69, 9.17) is 16.3 Å². The van der Waals surface area contributed by atoms with Gasteiger partial charge >= 0.3 is 0 Å². The number of hydrogen-bond donors (Lipinski definition) is 4. The second kappa shape index (κ2) is 9.29. The van der Waals surface area contributed by atoms with Gasteiger partial charge in [0.1, 0.15) is 18.0 Å². The molecule has 1 saturated heterocycles. The van der Waals surface area contributed by atoms with E-state index in [0.717, 1.165) is 11.8 Å². The van der Waals surface area contributed by atoms with Crippen LogP contribution in [-0.4, -0.2) is 56.0 Å². The van der Waals surface area contributed by atoms with Crippen LogP contribution in [-0.2, 0) is 6.42 Å². The van der Waals surface area contributed by atoms with Gasteiger partial charge in [-0.2, -0.15) is 0 Å². The van der Waals surface area contributed by atoms with Crippen molar-refractivity contribution in [2.24, 2.45) is 0 Å². The summed E-state index contributed by atoms with van der Waals surface area (Å²) in [6, 6.07) is 4.07. The fourth-order valence-electron chi connectivity index (χ4n) is 3.06. The lowest BCUT2D eigenvalue weighted by molar-refractivity contribution is -0.0910. The van der Waals surface area contributed by atoms with E-state index in [1.165, 1.54) is 18.2 Å². The number of aliphatic hydroxyl groups excluding tert-OH is 4. The van der Waals surface area contributed by atoms with Crippen molar-refractivity contribution in [3.63, 3.8) is 0 Å². The van der Waals surface area contributed by atoms with Crippen molar-refractivity contribution in [3.8, 4) is 5.75 Å². The van der Waals surface area contributed by atoms with Crippen LogP contribution in [0.1, 0.15) is 11.1 Å². The zero-order chi connectivity index (χ0) is 22.2. The molecule has 0 aliphatic carbocycles. The number of halogens is 5. The number of rotatable bonds is 5. The molecule has 164 valence electrons. The monoisotopic (exact) mass is 468 g/mol. The van der Waals surface area contributed by atoms with Crippen LogP contribution in [0.2, 0.25) is 5.02 Å². The Morgan fingerprint density at radius 1 is 0.933 bits per heavy atom. The molecule has 1 fully saturated rings. The third-order valence-corrected chi connectivity index (χ3v) is 6.34. The van der Waals surface area contributed by atoms with Crippen molar-refractivity contribution in [1.82, 2.24) is 0 Å². The molecule has 0 unspecified atom stereocenters. The van der Waals surface area contributed by atoms with Crippen LogP contribution in [0.4, 0.5) is 17.6 Å². The fraction of sp³-hybridized carbons (Fsp3) is 0.368. The maximum absolute atomic E-state index is 14.1. The minimum absolute atomic E-state index is 0.0281. The second-order valence-electron chi connectivity index (χ2n) is 6.69. The maximum Gasteiger partial charge on any atom is 0.173 e. The van der Waals surface area contributed by atoms with Crippen molar-refractivity contribution in [3.05, 3.63) is 63.7 Å². The quantitative estimate of drug-likeness (QED) is 0.398. The normalized spacial score (nSPS) is 26.6. The fourth-order valence-corrected chi connectivity index (χ4v) is 4.49. The Balaban J connectivity index is 1.94. The number of thioether (sulfide) groups is 1. The molecule has 30 heavy (non-hydrogen) atoms. The average molecular weight is 469 g/mol. The van der Waals surface area contributed by atoms with Gasteiger partial charge in [-0.15, -0.1) is 11.8 Å². The predicted molar refractivity (Wildman–Crippen MR) is 101 cm³/mol. The van der Waals surface area contributed by atoms with Gasteiger partial charge in [0.15, 0.2) is 28.7 Å². The van der Waals surface area contributed by atoms with E-state index >= 15 is 0 Å². The zero-order valence-corrected chi connectivity index (χ0v) is 16.7. The molecule has 5 atom stereocenters. The summed E-state index contributed by atoms with van der Waals surface area (Å²) in [6.45, 7) is -0.512. The highest BCUT2D eigenvalue weighted by atomic mass is 35.5. The SMILES string of the molecule is OC[C@@H]1S[C@H](Oc2ccc(Cl)cc2Cc2c(F)c(F)cc(F)c2F)[C@H](O)[C@@H](O)[C@@H]1O. The van der Waals surface area contributed by atoms with Gasteiger partial charge in [0.25, 0.3) is 0 Å². The number of aliphatic hydroxyl groups is 4. The molecule has 0 amide bonds. The Bertz CT molecular complexity index is 906. The van der Waals surface area contributed by atoms with Crippen LogP contribution >= 0.6 is 23.4 Å². The zero-order valence-electron chi connectivity index (χ0n) is 15.1. The van der Waals surface area contributed by atoms with E-state index in [9.17, 15) is 38.0 Å². The van der Waals surface area contributed by atoms with E-state index in [1.807, 2.05) is 0 Å². The van der Waals surface area contributed by atoms with E-state index in [1.54, 1.807) is 0 Å². The van der Waals surface area contributed by atoms with Gasteiger partial charge in [0.05, 0.1) is 18.0 Å². The molecule has 2 aromatic carbocycles. The molecule has 11 heteroatoms. The summed E-state index contributed by atoms with van der Waals surface area (Å²) < 4.78 is 60.9. The number of ether oxygens (including phenoxy) is 1. The standard InChI is InChI=1S/C19H17ClF4O5S/c20-8-1-2-12(29-19-18(28)17(27)16(26)13(6-25)30-19)7(3-8)4-9-14(23)10(21)5-11(22)15(9)24/h1-3,5,13,16-19,25-28H,4,6H2/t13-,16+,17-,18+,19-/m0/s1. The van der Waals surface area contributed by atoms with Crippen LogP contribution in [0.5, 0.6) is 5.75 Å². The molecule has 4 N–H and O–H groups in total. The topological polar surface area (TPSA) is 90.2 Å². The molecular weight excluding hydrogens is 452 g/mol. The minimum atomic E-state index is -1.61. The molecule has 0 aromatic heterocycles. The smallest absolute Gasteiger partial charge is 0.173 e. The molecule has 0 spiro atoms. The van der Waals surface area contributed by atoms with Gasteiger partial charge < -0.3 is 25.2 Å². The molecule has 0 bridgehead atoms. The van der Waals surface area contributed by atoms with Crippen molar-refractivity contribution < 1.29 is 42.7 Å². The van der Waals surface area contributed by atoms with Gasteiger partial charge in [-0.25, -0.2) is 17.6 Å². The Kier molecular flexibility index (Phi) is 7.16. The van der Waals surface area contributed by atoms with Gasteiger partial charge in [-0.05, 0) is 18.2 Å². The Hall–Kier alpha value is -1.56. The number of benzene rings is 2. The summed E-state index contributed by atoms with van der Waals surface area (Å²) in [5.41, 5.74) is -1.99. The summed E-state index contributed by atoms with van der Waals surface area (Å²) in [5.74, 6) is -6.28. The van der Waals surface area contributed by atoms with Crippen LogP contribution in [0.25, 0.3) is 0 Å². The summed E-state index contributed by atoms with van der Waals surface area (Å²) in [7, 11) is 0. The minimum Gasteiger partial charge on any atom is -0.477 e. The van der Waals surface area contributed by atoms with E-state index in [-0.39, 0.29) is 22.4 Å². The average Bonchev–Trinajstić information content (AvgIpc) is 2.71. The maximum atomic E-state index is 14.1. The van der Waals surface area contributed by atoms with Crippen molar-refractivity contribution in [2.75, 3.05) is 6.61 Å². The lowest BCUT2D eigenvalue weighted by Gasteiger charge is -2.39. The van der Waals surface area contributed by atoms with E-state index < -0.39 is 70.9 Å². The Labute approximate surface area is 177 Å². The van der Waals surface area contributed by atoms with E-state index in [2.05, 4.69) is 0 Å². The lowest BCUT2D eigenvalue weighted by Crippen LogP contribution is -2.55. The van der Waals surface area contributed by atoms with Crippen LogP contribution in [0, 0.1) is 23.3 Å². The van der Waals surface area contributed by atoms with Crippen LogP contribution in [0.15, 0.2) is 24.3 Å². The summed E-state index contributed by atoms with van der Waals surface area (Å²) in [6.07, 6.45) is -5.20. The van der Waals surface area contributed by atoms with Gasteiger partial charge in [-0.3, -0.25) is 0 Å². The molecule has 5 nitrogen and oxygen atoms in total. The molecule has 2 aromatic rings. The molecule has 1 heterocycles. The highest BCUT2D eigenvalue weighted by Gasteiger charge is 2.44. The summed E-state index contributed by atoms with van der Waals surface area (Å²) >= 11 is 6.78. The summed E-state index contributed by atoms with van der Waals surface area (Å²) in [4.78, 5) is 0. The van der Waals surface area contributed by atoms with Crippen LogP contribution in [0.3, 0.4) is 0 Å². The Morgan fingerprint density at radius 2 is 1.57 bits per heavy atom. The molecule has 0 radical (unpaired) electrons. The predicted octanol–water partition coefficient (Wildman–Crippen LogP) is 2.38. The molecule has 3 rings (SSSR count). The third kappa shape index (κ3) is 4.53. The number of hydrogen-bond acceptors (Lipinski definition) is 6. The van der Waals surface area contributed by atoms with E-state index in [0.29, 0.717) is 0 Å². The van der Waals surface area contributed by atoms with Gasteiger partial charge in [0.2, 0.25) is 0 Å². The molecule has 1 aliphatic heterocycles. The first-order valence-corrected chi connectivity index (χ1v) is 10.0. The molecular formula is C19H17ClF4O5S. The largest absolute Gasteiger partial charge is 0.477 e. The highest BCUT2D eigenvalue weighted by Crippen LogP contribution is 2.36. The first-order valence-electron chi connectivity index (χ1n) is 8.71. The summed E-state index contributed by atoms with van der Waals surface area (Å²) in [5, 5.41) is 38.7. The van der Waals surface area contributed by atoms with Crippen LogP contribution < -0.4 is 4.74 Å². The van der Waals surface area contributed by atoms with Gasteiger partial charge in [0, 0.05) is 28.6 Å². The van der Waals surface area contributed by atoms with Crippen molar-refractivity contribution >= 4 is 23.4 Å². The first kappa shape index (κ1) is 23.1. The van der Waals surface area contributed by atoms with Gasteiger partial charge in [-0.1, -0.05) is 11.6 Å². The first-order chi connectivity index (χ1) is 14.1. The van der Waals surface area contributed by atoms with Crippen molar-refractivity contribution in [1.29, 1.82) is 0 Å². The highest BCUT2D eigenvalue weighted by molar-refractivity contribution is 8.00. The second-order valence-corrected chi connectivity index (χ2v) is 8.47. The molecule has 0 saturated carbocycles. The molecule has 1 aliphatic rings. The Morgan fingerprint density at radius 3 is 2.17 bits per heavy atom. The lowest BCUT2D eigenvalue weighted by atomic mass is 10.0.